The third-order valence-corrected chi connectivity index (χ3v) is 14.0. The molecule has 2 aromatic heterocycles. The Morgan fingerprint density at radius 3 is 1.96 bits per heavy atom. The summed E-state index contributed by atoms with van der Waals surface area (Å²) in [4.78, 5) is 35.1. The first-order chi connectivity index (χ1) is 23.7. The van der Waals surface area contributed by atoms with Crippen LogP contribution in [0.25, 0.3) is 20.2 Å². The Morgan fingerprint density at radius 1 is 0.882 bits per heavy atom. The summed E-state index contributed by atoms with van der Waals surface area (Å²) in [5, 5.41) is 3.93. The molecule has 4 aromatic rings. The summed E-state index contributed by atoms with van der Waals surface area (Å²) in [6, 6.07) is 10.8. The Kier molecular flexibility index (Phi) is 13.6. The molecule has 51 heavy (non-hydrogen) atoms. The molecule has 10 rings (SSSR count). The Bertz CT molecular complexity index is 1830. The van der Waals surface area contributed by atoms with Gasteiger partial charge in [-0.15, -0.1) is 35.1 Å². The van der Waals surface area contributed by atoms with Crippen molar-refractivity contribution in [2.45, 2.75) is 83.8 Å². The number of ether oxygens (including phenoxy) is 1. The van der Waals surface area contributed by atoms with Crippen molar-refractivity contribution in [3.8, 4) is 5.75 Å². The van der Waals surface area contributed by atoms with Crippen LogP contribution in [0.2, 0.25) is 0 Å². The highest BCUT2D eigenvalue weighted by Gasteiger charge is 2.48. The van der Waals surface area contributed by atoms with Gasteiger partial charge in [0, 0.05) is 33.8 Å². The average Bonchev–Trinajstić information content (AvgIpc) is 3.76. The average molecular weight is 762 g/mol. The van der Waals surface area contributed by atoms with Gasteiger partial charge in [0.05, 0.1) is 16.7 Å². The number of halogens is 3. The number of hydrogen-bond acceptors (Lipinski definition) is 9. The molecular formula is C39H50ClF2N3O4S2. The molecule has 2 atom stereocenters. The van der Waals surface area contributed by atoms with Gasteiger partial charge in [0.2, 0.25) is 0 Å². The second-order valence-electron chi connectivity index (χ2n) is 14.9. The molecule has 0 amide bonds. The smallest absolute Gasteiger partial charge is 0.373 e. The molecule has 4 bridgehead atoms. The van der Waals surface area contributed by atoms with Gasteiger partial charge in [-0.1, -0.05) is 12.1 Å². The Balaban J connectivity index is 0.000000181. The first-order valence-corrected chi connectivity index (χ1v) is 19.1. The largest absolute Gasteiger partial charge is 0.492 e. The number of benzene rings is 2. The third-order valence-electron chi connectivity index (χ3n) is 11.8. The van der Waals surface area contributed by atoms with Gasteiger partial charge in [-0.3, -0.25) is 14.6 Å². The fraction of sp³-hybridized carbons (Fsp3) is 0.538. The van der Waals surface area contributed by atoms with E-state index in [1.165, 1.54) is 93.8 Å². The number of carbonyl (C=O) groups excluding carboxylic acids is 3. The van der Waals surface area contributed by atoms with Crippen LogP contribution in [0.1, 0.15) is 75.0 Å². The Morgan fingerprint density at radius 2 is 1.43 bits per heavy atom. The number of aryl methyl sites for hydroxylation is 1. The molecule has 7 nitrogen and oxygen atoms in total. The summed E-state index contributed by atoms with van der Waals surface area (Å²) in [5.74, 6) is 1.98. The first-order valence-electron chi connectivity index (χ1n) is 17.4. The zero-order chi connectivity index (χ0) is 36.4. The van der Waals surface area contributed by atoms with Crippen LogP contribution < -0.4 is 10.5 Å². The van der Waals surface area contributed by atoms with E-state index >= 15 is 0 Å². The van der Waals surface area contributed by atoms with Crippen molar-refractivity contribution in [1.29, 1.82) is 0 Å². The lowest BCUT2D eigenvalue weighted by atomic mass is 9.65. The molecule has 278 valence electrons. The van der Waals surface area contributed by atoms with Crippen LogP contribution >= 0.6 is 35.1 Å². The number of Topliss-reactive ketones (excluding diaryl/α,β-unsaturated/α-hetero) is 1. The molecule has 8 heterocycles. The van der Waals surface area contributed by atoms with E-state index in [-0.39, 0.29) is 47.1 Å². The maximum absolute atomic E-state index is 13.8. The van der Waals surface area contributed by atoms with Crippen LogP contribution in [0.4, 0.5) is 8.78 Å². The van der Waals surface area contributed by atoms with Gasteiger partial charge in [0.15, 0.2) is 17.3 Å². The van der Waals surface area contributed by atoms with Gasteiger partial charge in [-0.25, -0.2) is 8.78 Å². The number of ketones is 1. The van der Waals surface area contributed by atoms with Gasteiger partial charge in [0.1, 0.15) is 5.82 Å². The highest BCUT2D eigenvalue weighted by Crippen LogP contribution is 2.46. The lowest BCUT2D eigenvalue weighted by Gasteiger charge is -2.56. The summed E-state index contributed by atoms with van der Waals surface area (Å²) < 4.78 is 33.6. The monoisotopic (exact) mass is 761 g/mol. The van der Waals surface area contributed by atoms with Crippen LogP contribution in [0.5, 0.6) is 5.75 Å². The minimum absolute atomic E-state index is 0. The lowest BCUT2D eigenvalue weighted by Crippen LogP contribution is -2.67. The van der Waals surface area contributed by atoms with E-state index in [9.17, 15) is 13.6 Å². The minimum Gasteiger partial charge on any atom is -0.492 e. The molecule has 6 aliphatic heterocycles. The first kappa shape index (κ1) is 41.0. The topological polar surface area (TPSA) is 92.9 Å². The molecule has 6 aliphatic rings. The molecule has 0 unspecified atom stereocenters. The van der Waals surface area contributed by atoms with Crippen LogP contribution in [0, 0.1) is 36.3 Å². The van der Waals surface area contributed by atoms with Crippen molar-refractivity contribution in [2.75, 3.05) is 33.3 Å². The van der Waals surface area contributed by atoms with Crippen molar-refractivity contribution in [1.82, 2.24) is 9.80 Å². The fourth-order valence-electron chi connectivity index (χ4n) is 8.56. The highest BCUT2D eigenvalue weighted by molar-refractivity contribution is 7.21. The second-order valence-corrected chi connectivity index (χ2v) is 16.9. The summed E-state index contributed by atoms with van der Waals surface area (Å²) >= 11 is 2.94. The molecule has 2 N–H and O–H groups in total. The number of methoxy groups -OCH3 is 1. The number of thiophene rings is 2. The van der Waals surface area contributed by atoms with E-state index in [0.29, 0.717) is 35.6 Å². The molecule has 2 aromatic carbocycles. The van der Waals surface area contributed by atoms with Gasteiger partial charge in [-0.05, 0) is 145 Å². The van der Waals surface area contributed by atoms with Crippen LogP contribution in [-0.4, -0.2) is 72.1 Å². The van der Waals surface area contributed by atoms with Crippen LogP contribution in [0.3, 0.4) is 0 Å². The number of fused-ring (bicyclic) bond motifs is 8. The standard InChI is InChI=1S/C20H24FNOS.C9H7FOS.C9H18N2.CO2.ClH/c1-12-16(21)5-4-14-10-18(24-19(12)14)17(23)11-15-13-6-8-22(9-7-13)20(15,2)3;1-11-8-7(10)3-2-6-4-5-12-9(6)8;1-9(2)8(10)7-3-5-11(9)6-4-7;2-1-3;/h4-5,10,13,15H,6-9,11H2,1-3H3;2-5H,1H3;7-8H,3-6,10H2,1-2H3;;1H/t15-;;8-;;/m1.1../s1. The van der Waals surface area contributed by atoms with E-state index in [0.717, 1.165) is 31.0 Å². The van der Waals surface area contributed by atoms with Crippen molar-refractivity contribution in [3.63, 3.8) is 0 Å². The zero-order valence-corrected chi connectivity index (χ0v) is 32.7. The number of nitrogens with zero attached hydrogens (tertiary/aromatic N) is 2. The van der Waals surface area contributed by atoms with Crippen LogP contribution in [0.15, 0.2) is 41.8 Å². The summed E-state index contributed by atoms with van der Waals surface area (Å²) in [5.41, 5.74) is 7.18. The number of carbonyl (C=O) groups is 1. The molecular weight excluding hydrogens is 712 g/mol. The fourth-order valence-corrected chi connectivity index (χ4v) is 10.6. The van der Waals surface area contributed by atoms with Crippen molar-refractivity contribution >= 4 is 67.2 Å². The van der Waals surface area contributed by atoms with Gasteiger partial charge in [0.25, 0.3) is 0 Å². The lowest BCUT2D eigenvalue weighted by molar-refractivity contribution is -0.191. The van der Waals surface area contributed by atoms with E-state index in [1.54, 1.807) is 19.1 Å². The maximum Gasteiger partial charge on any atom is 0.373 e. The minimum atomic E-state index is -0.299. The SMILES string of the molecule is CC1(C)[C@H](N)C2CCN1CC2.COc1c(F)ccc2ccsc12.Cc1c(F)ccc2cc(C(=O)C[C@@H]3C4CCN(CC4)C3(C)C)sc12.Cl.O=C=O. The normalized spacial score (nSPS) is 26.3. The highest BCUT2D eigenvalue weighted by atomic mass is 35.5. The van der Waals surface area contributed by atoms with Crippen LogP contribution in [-0.2, 0) is 9.59 Å². The number of rotatable bonds is 4. The van der Waals surface area contributed by atoms with Crippen molar-refractivity contribution in [2.24, 2.45) is 23.5 Å². The number of piperidine rings is 6. The Hall–Kier alpha value is -2.76. The summed E-state index contributed by atoms with van der Waals surface area (Å²) in [7, 11) is 1.48. The van der Waals surface area contributed by atoms with Gasteiger partial charge < -0.3 is 10.5 Å². The summed E-state index contributed by atoms with van der Waals surface area (Å²) in [6.07, 6.45) is 5.95. The molecule has 0 radical (unpaired) electrons. The quantitative estimate of drug-likeness (QED) is 0.208. The van der Waals surface area contributed by atoms with Gasteiger partial charge >= 0.3 is 6.15 Å². The van der Waals surface area contributed by atoms with Crippen molar-refractivity contribution in [3.05, 3.63) is 63.9 Å². The number of nitrogens with two attached hydrogens (primary N) is 1. The molecule has 0 spiro atoms. The van der Waals surface area contributed by atoms with E-state index in [4.69, 9.17) is 20.1 Å². The summed E-state index contributed by atoms with van der Waals surface area (Å²) in [6.45, 7) is 15.8. The molecule has 0 aliphatic carbocycles. The second kappa shape index (κ2) is 16.9. The van der Waals surface area contributed by atoms with Gasteiger partial charge in [-0.2, -0.15) is 9.59 Å². The van der Waals surface area contributed by atoms with Crippen molar-refractivity contribution < 1.29 is 27.9 Å². The molecule has 0 saturated carbocycles. The molecule has 6 saturated heterocycles. The third kappa shape index (κ3) is 8.41. The molecule has 6 fully saturated rings. The Labute approximate surface area is 313 Å². The van der Waals surface area contributed by atoms with E-state index in [1.807, 2.05) is 17.5 Å². The van der Waals surface area contributed by atoms with E-state index in [2.05, 4.69) is 37.5 Å². The zero-order valence-electron chi connectivity index (χ0n) is 30.3. The van der Waals surface area contributed by atoms with E-state index < -0.39 is 0 Å². The predicted molar refractivity (Wildman–Crippen MR) is 204 cm³/mol. The predicted octanol–water partition coefficient (Wildman–Crippen LogP) is 8.75. The maximum atomic E-state index is 13.8. The number of hydrogen-bond donors (Lipinski definition) is 1. The molecule has 12 heteroatoms.